The van der Waals surface area contributed by atoms with Crippen LogP contribution in [0.1, 0.15) is 126 Å². The van der Waals surface area contributed by atoms with Crippen LogP contribution in [0.5, 0.6) is 0 Å². The van der Waals surface area contributed by atoms with Gasteiger partial charge >= 0.3 is 0 Å². The highest BCUT2D eigenvalue weighted by atomic mass is 16.5. The lowest BCUT2D eigenvalue weighted by Gasteiger charge is -2.29. The van der Waals surface area contributed by atoms with Gasteiger partial charge in [-0.15, -0.1) is 0 Å². The molecule has 1 N–H and O–H groups in total. The Morgan fingerprint density at radius 3 is 2.23 bits per heavy atom. The van der Waals surface area contributed by atoms with Crippen LogP contribution in [0.3, 0.4) is 0 Å². The molecule has 178 valence electrons. The minimum Gasteiger partial charge on any atom is -0.493 e. The first-order valence-electron chi connectivity index (χ1n) is 12.6. The fourth-order valence-corrected chi connectivity index (χ4v) is 4.17. The lowest BCUT2D eigenvalue weighted by atomic mass is 9.84. The number of hydrogen-bond acceptors (Lipinski definition) is 2. The highest BCUT2D eigenvalue weighted by Crippen LogP contribution is 2.34. The summed E-state index contributed by atoms with van der Waals surface area (Å²) < 4.78 is 6.29. The zero-order valence-corrected chi connectivity index (χ0v) is 20.4. The van der Waals surface area contributed by atoms with E-state index in [2.05, 4.69) is 47.6 Å². The molecule has 1 aliphatic rings. The van der Waals surface area contributed by atoms with Crippen LogP contribution in [0.2, 0.25) is 0 Å². The monoisotopic (exact) mass is 422 g/mol. The molecule has 0 spiro atoms. The standard InChI is InChI=1S/C27H50O2.CH4/c1-7-9-10-11-12-13-19-29-27-24(6)23(5)26(28)20-25(27)18-17-22(4)16-14-15-21(3)8-2;/h20-23,26,28H,7-19H2,1-6H3;1H4. The van der Waals surface area contributed by atoms with Crippen molar-refractivity contribution in [2.24, 2.45) is 17.8 Å². The van der Waals surface area contributed by atoms with Gasteiger partial charge in [0.1, 0.15) is 5.76 Å². The molecular formula is C28H54O2. The molecule has 0 fully saturated rings. The Labute approximate surface area is 189 Å². The average Bonchev–Trinajstić information content (AvgIpc) is 2.71. The first-order chi connectivity index (χ1) is 13.9. The Bertz CT molecular complexity index is 491. The Kier molecular flexibility index (Phi) is 16.4. The molecule has 0 radical (unpaired) electrons. The summed E-state index contributed by atoms with van der Waals surface area (Å²) in [6, 6.07) is 0. The van der Waals surface area contributed by atoms with Gasteiger partial charge < -0.3 is 9.84 Å². The Morgan fingerprint density at radius 2 is 1.57 bits per heavy atom. The van der Waals surface area contributed by atoms with Crippen molar-refractivity contribution < 1.29 is 9.84 Å². The van der Waals surface area contributed by atoms with Gasteiger partial charge in [-0.1, -0.05) is 99.8 Å². The van der Waals surface area contributed by atoms with Crippen LogP contribution >= 0.6 is 0 Å². The zero-order chi connectivity index (χ0) is 21.6. The molecule has 0 aromatic carbocycles. The Hall–Kier alpha value is -0.760. The third kappa shape index (κ3) is 11.0. The number of rotatable bonds is 16. The van der Waals surface area contributed by atoms with E-state index in [4.69, 9.17) is 4.74 Å². The van der Waals surface area contributed by atoms with Gasteiger partial charge in [0, 0.05) is 5.92 Å². The summed E-state index contributed by atoms with van der Waals surface area (Å²) in [7, 11) is 0. The van der Waals surface area contributed by atoms with Crippen molar-refractivity contribution in [3.8, 4) is 0 Å². The molecule has 0 aliphatic heterocycles. The first-order valence-corrected chi connectivity index (χ1v) is 12.6. The van der Waals surface area contributed by atoms with Crippen LogP contribution in [0, 0.1) is 17.8 Å². The van der Waals surface area contributed by atoms with Gasteiger partial charge in [-0.2, -0.15) is 0 Å². The number of allylic oxidation sites excluding steroid dienone is 1. The predicted molar refractivity (Wildman–Crippen MR) is 134 cm³/mol. The SMILES string of the molecule is C.CCCCCCCCOC1=C(C)C(C)C(O)C=C1CCC(C)CCCC(C)CC. The van der Waals surface area contributed by atoms with E-state index < -0.39 is 0 Å². The molecule has 0 bridgehead atoms. The largest absolute Gasteiger partial charge is 0.493 e. The molecule has 4 unspecified atom stereocenters. The van der Waals surface area contributed by atoms with Gasteiger partial charge in [-0.05, 0) is 55.2 Å². The van der Waals surface area contributed by atoms with E-state index in [0.717, 1.165) is 37.0 Å². The second kappa shape index (κ2) is 16.9. The van der Waals surface area contributed by atoms with E-state index >= 15 is 0 Å². The topological polar surface area (TPSA) is 29.5 Å². The van der Waals surface area contributed by atoms with Crippen LogP contribution in [0.4, 0.5) is 0 Å². The number of unbranched alkanes of at least 4 members (excludes halogenated alkanes) is 5. The minimum absolute atomic E-state index is 0. The lowest BCUT2D eigenvalue weighted by molar-refractivity contribution is 0.154. The molecule has 0 saturated carbocycles. The molecule has 2 heteroatoms. The van der Waals surface area contributed by atoms with Gasteiger partial charge in [0.05, 0.1) is 12.7 Å². The highest BCUT2D eigenvalue weighted by Gasteiger charge is 2.26. The van der Waals surface area contributed by atoms with Crippen molar-refractivity contribution in [2.45, 2.75) is 132 Å². The molecule has 0 amide bonds. The third-order valence-electron chi connectivity index (χ3n) is 6.96. The quantitative estimate of drug-likeness (QED) is 0.252. The van der Waals surface area contributed by atoms with E-state index in [1.54, 1.807) is 0 Å². The summed E-state index contributed by atoms with van der Waals surface area (Å²) in [5.41, 5.74) is 2.47. The van der Waals surface area contributed by atoms with Crippen LogP contribution in [0.25, 0.3) is 0 Å². The van der Waals surface area contributed by atoms with E-state index in [1.807, 2.05) is 0 Å². The van der Waals surface area contributed by atoms with Crippen LogP contribution in [-0.4, -0.2) is 17.8 Å². The normalized spacial score (nSPS) is 21.1. The summed E-state index contributed by atoms with van der Waals surface area (Å²) in [6.45, 7) is 14.4. The molecule has 0 aromatic rings. The molecule has 1 aliphatic carbocycles. The van der Waals surface area contributed by atoms with E-state index in [0.29, 0.717) is 0 Å². The second-order valence-electron chi connectivity index (χ2n) is 9.69. The van der Waals surface area contributed by atoms with Gasteiger partial charge in [-0.3, -0.25) is 0 Å². The van der Waals surface area contributed by atoms with Crippen molar-refractivity contribution in [3.05, 3.63) is 23.0 Å². The molecule has 1 rings (SSSR count). The van der Waals surface area contributed by atoms with E-state index in [-0.39, 0.29) is 19.4 Å². The van der Waals surface area contributed by atoms with Crippen LogP contribution < -0.4 is 0 Å². The van der Waals surface area contributed by atoms with Gasteiger partial charge in [0.25, 0.3) is 0 Å². The van der Waals surface area contributed by atoms with E-state index in [9.17, 15) is 5.11 Å². The molecule has 4 atom stereocenters. The van der Waals surface area contributed by atoms with Crippen LogP contribution in [-0.2, 0) is 4.74 Å². The average molecular weight is 423 g/mol. The highest BCUT2D eigenvalue weighted by molar-refractivity contribution is 5.37. The van der Waals surface area contributed by atoms with Crippen molar-refractivity contribution in [3.63, 3.8) is 0 Å². The maximum atomic E-state index is 10.5. The molecule has 0 aromatic heterocycles. The molecule has 30 heavy (non-hydrogen) atoms. The fraction of sp³-hybridized carbons (Fsp3) is 0.857. The predicted octanol–water partition coefficient (Wildman–Crippen LogP) is 8.84. The number of aliphatic hydroxyl groups is 1. The van der Waals surface area contributed by atoms with Gasteiger partial charge in [-0.25, -0.2) is 0 Å². The van der Waals surface area contributed by atoms with Crippen molar-refractivity contribution >= 4 is 0 Å². The summed E-state index contributed by atoms with van der Waals surface area (Å²) in [5, 5.41) is 10.5. The van der Waals surface area contributed by atoms with Crippen molar-refractivity contribution in [2.75, 3.05) is 6.61 Å². The zero-order valence-electron chi connectivity index (χ0n) is 20.4. The third-order valence-corrected chi connectivity index (χ3v) is 6.96. The lowest BCUT2D eigenvalue weighted by Crippen LogP contribution is -2.23. The second-order valence-corrected chi connectivity index (χ2v) is 9.69. The minimum atomic E-state index is -0.368. The number of ether oxygens (including phenoxy) is 1. The van der Waals surface area contributed by atoms with E-state index in [1.165, 1.54) is 75.4 Å². The molecule has 0 heterocycles. The number of hydrogen-bond donors (Lipinski definition) is 1. The van der Waals surface area contributed by atoms with Crippen molar-refractivity contribution in [1.29, 1.82) is 0 Å². The summed E-state index contributed by atoms with van der Waals surface area (Å²) in [5.74, 6) is 2.83. The maximum Gasteiger partial charge on any atom is 0.121 e. The Balaban J connectivity index is 0.00000841. The Morgan fingerprint density at radius 1 is 0.933 bits per heavy atom. The first kappa shape index (κ1) is 29.2. The summed E-state index contributed by atoms with van der Waals surface area (Å²) in [4.78, 5) is 0. The fourth-order valence-electron chi connectivity index (χ4n) is 4.17. The van der Waals surface area contributed by atoms with Crippen LogP contribution in [0.15, 0.2) is 23.0 Å². The van der Waals surface area contributed by atoms with Crippen molar-refractivity contribution in [1.82, 2.24) is 0 Å². The summed E-state index contributed by atoms with van der Waals surface area (Å²) >= 11 is 0. The summed E-state index contributed by atoms with van der Waals surface area (Å²) in [6.07, 6.45) is 16.9. The van der Waals surface area contributed by atoms with Gasteiger partial charge in [0.2, 0.25) is 0 Å². The van der Waals surface area contributed by atoms with Gasteiger partial charge in [0.15, 0.2) is 0 Å². The number of aliphatic hydroxyl groups excluding tert-OH is 1. The molecule has 2 nitrogen and oxygen atoms in total. The molecular weight excluding hydrogens is 368 g/mol. The maximum absolute atomic E-state index is 10.5. The smallest absolute Gasteiger partial charge is 0.121 e. The molecule has 0 saturated heterocycles.